The Labute approximate surface area is 195 Å². The number of nitrogens with zero attached hydrogens (tertiary/aromatic N) is 4. The Morgan fingerprint density at radius 3 is 2.88 bits per heavy atom. The molecule has 7 nitrogen and oxygen atoms in total. The van der Waals surface area contributed by atoms with Gasteiger partial charge in [0.2, 0.25) is 5.91 Å². The number of amides is 1. The summed E-state index contributed by atoms with van der Waals surface area (Å²) in [6.07, 6.45) is 4.42. The molecule has 3 heterocycles. The van der Waals surface area contributed by atoms with Crippen LogP contribution in [0.1, 0.15) is 30.9 Å². The molecule has 0 bridgehead atoms. The SMILES string of the molecule is O=C(CSc1nncn1-c1cccc(Cl)c1)N1CCC[C@@H]1c1ccc2c(c1)OCCCO2. The van der Waals surface area contributed by atoms with Gasteiger partial charge >= 0.3 is 0 Å². The maximum absolute atomic E-state index is 13.1. The van der Waals surface area contributed by atoms with E-state index in [0.29, 0.717) is 29.1 Å². The fraction of sp³-hybridized carbons (Fsp3) is 0.348. The molecule has 5 rings (SSSR count). The van der Waals surface area contributed by atoms with Gasteiger partial charge in [0.05, 0.1) is 30.7 Å². The standard InChI is InChI=1S/C23H23ClN4O3S/c24-17-4-1-5-18(13-17)28-15-25-26-23(28)32-14-22(29)27-9-2-6-19(27)16-7-8-20-21(12-16)31-11-3-10-30-20/h1,4-5,7-8,12-13,15,19H,2-3,6,9-11,14H2/t19-/m1/s1. The second kappa shape index (κ2) is 9.42. The summed E-state index contributed by atoms with van der Waals surface area (Å²) < 4.78 is 13.4. The molecule has 3 aromatic rings. The summed E-state index contributed by atoms with van der Waals surface area (Å²) in [6.45, 7) is 2.06. The smallest absolute Gasteiger partial charge is 0.233 e. The highest BCUT2D eigenvalue weighted by Gasteiger charge is 2.31. The van der Waals surface area contributed by atoms with Crippen LogP contribution in [0, 0.1) is 0 Å². The van der Waals surface area contributed by atoms with Crippen LogP contribution < -0.4 is 9.47 Å². The van der Waals surface area contributed by atoms with E-state index in [1.165, 1.54) is 11.8 Å². The monoisotopic (exact) mass is 470 g/mol. The zero-order chi connectivity index (χ0) is 21.9. The summed E-state index contributed by atoms with van der Waals surface area (Å²) in [5.41, 5.74) is 1.95. The Morgan fingerprint density at radius 1 is 1.12 bits per heavy atom. The molecular weight excluding hydrogens is 448 g/mol. The van der Waals surface area contributed by atoms with Gasteiger partial charge in [-0.1, -0.05) is 35.5 Å². The van der Waals surface area contributed by atoms with E-state index in [9.17, 15) is 4.79 Å². The van der Waals surface area contributed by atoms with E-state index in [1.807, 2.05) is 51.9 Å². The second-order valence-corrected chi connectivity index (χ2v) is 9.13. The van der Waals surface area contributed by atoms with Gasteiger partial charge in [0.25, 0.3) is 0 Å². The van der Waals surface area contributed by atoms with Gasteiger partial charge in [-0.25, -0.2) is 0 Å². The number of ether oxygens (including phenoxy) is 2. The van der Waals surface area contributed by atoms with E-state index in [-0.39, 0.29) is 11.9 Å². The van der Waals surface area contributed by atoms with Gasteiger partial charge in [0.1, 0.15) is 6.33 Å². The van der Waals surface area contributed by atoms with Crippen LogP contribution in [0.25, 0.3) is 5.69 Å². The number of halogens is 1. The Morgan fingerprint density at radius 2 is 2.00 bits per heavy atom. The lowest BCUT2D eigenvalue weighted by atomic mass is 10.0. The van der Waals surface area contributed by atoms with Crippen molar-refractivity contribution in [3.8, 4) is 17.2 Å². The van der Waals surface area contributed by atoms with Crippen LogP contribution in [0.15, 0.2) is 53.9 Å². The van der Waals surface area contributed by atoms with Gasteiger partial charge < -0.3 is 14.4 Å². The van der Waals surface area contributed by atoms with Gasteiger partial charge in [0, 0.05) is 18.0 Å². The van der Waals surface area contributed by atoms with Crippen molar-refractivity contribution in [1.82, 2.24) is 19.7 Å². The fourth-order valence-electron chi connectivity index (χ4n) is 4.13. The fourth-order valence-corrected chi connectivity index (χ4v) is 5.13. The first-order valence-corrected chi connectivity index (χ1v) is 12.0. The maximum Gasteiger partial charge on any atom is 0.233 e. The number of hydrogen-bond acceptors (Lipinski definition) is 6. The summed E-state index contributed by atoms with van der Waals surface area (Å²) in [6, 6.07) is 13.6. The van der Waals surface area contributed by atoms with Crippen LogP contribution >= 0.6 is 23.4 Å². The Bertz CT molecular complexity index is 1120. The number of likely N-dealkylation sites (tertiary alicyclic amines) is 1. The largest absolute Gasteiger partial charge is 0.490 e. The lowest BCUT2D eigenvalue weighted by Gasteiger charge is -2.25. The molecule has 1 atom stereocenters. The molecule has 9 heteroatoms. The van der Waals surface area contributed by atoms with Crippen LogP contribution in [0.3, 0.4) is 0 Å². The number of thioether (sulfide) groups is 1. The Kier molecular flexibility index (Phi) is 6.23. The highest BCUT2D eigenvalue weighted by atomic mass is 35.5. The minimum Gasteiger partial charge on any atom is -0.490 e. The third kappa shape index (κ3) is 4.42. The van der Waals surface area contributed by atoms with Gasteiger partial charge in [-0.3, -0.25) is 9.36 Å². The molecule has 32 heavy (non-hydrogen) atoms. The number of carbonyl (C=O) groups excluding carboxylic acids is 1. The molecule has 0 spiro atoms. The lowest BCUT2D eigenvalue weighted by molar-refractivity contribution is -0.129. The molecule has 1 fully saturated rings. The zero-order valence-electron chi connectivity index (χ0n) is 17.4. The third-order valence-corrected chi connectivity index (χ3v) is 6.82. The molecule has 0 radical (unpaired) electrons. The summed E-state index contributed by atoms with van der Waals surface area (Å²) in [7, 11) is 0. The van der Waals surface area contributed by atoms with E-state index in [1.54, 1.807) is 6.33 Å². The predicted octanol–water partition coefficient (Wildman–Crippen LogP) is 4.54. The number of aromatic nitrogens is 3. The molecule has 0 aliphatic carbocycles. The molecule has 2 aliphatic heterocycles. The van der Waals surface area contributed by atoms with Crippen molar-refractivity contribution in [2.24, 2.45) is 0 Å². The van der Waals surface area contributed by atoms with Crippen molar-refractivity contribution in [2.75, 3.05) is 25.5 Å². The summed E-state index contributed by atoms with van der Waals surface area (Å²) in [5, 5.41) is 9.50. The van der Waals surface area contributed by atoms with Crippen molar-refractivity contribution in [3.05, 3.63) is 59.4 Å². The van der Waals surface area contributed by atoms with E-state index in [2.05, 4.69) is 10.2 Å². The van der Waals surface area contributed by atoms with Crippen LogP contribution in [-0.2, 0) is 4.79 Å². The van der Waals surface area contributed by atoms with E-state index in [0.717, 1.165) is 48.6 Å². The average molecular weight is 471 g/mol. The maximum atomic E-state index is 13.1. The molecule has 1 saturated heterocycles. The van der Waals surface area contributed by atoms with E-state index >= 15 is 0 Å². The number of carbonyl (C=O) groups is 1. The topological polar surface area (TPSA) is 69.5 Å². The predicted molar refractivity (Wildman–Crippen MR) is 123 cm³/mol. The van der Waals surface area contributed by atoms with Crippen LogP contribution in [0.4, 0.5) is 0 Å². The quantitative estimate of drug-likeness (QED) is 0.510. The van der Waals surface area contributed by atoms with Gasteiger partial charge in [-0.15, -0.1) is 10.2 Å². The summed E-state index contributed by atoms with van der Waals surface area (Å²) >= 11 is 7.50. The highest BCUT2D eigenvalue weighted by molar-refractivity contribution is 7.99. The van der Waals surface area contributed by atoms with Crippen molar-refractivity contribution < 1.29 is 14.3 Å². The van der Waals surface area contributed by atoms with Gasteiger partial charge in [-0.05, 0) is 48.7 Å². The summed E-state index contributed by atoms with van der Waals surface area (Å²) in [5.74, 6) is 1.92. The molecule has 1 amide bonds. The zero-order valence-corrected chi connectivity index (χ0v) is 19.0. The van der Waals surface area contributed by atoms with E-state index < -0.39 is 0 Å². The molecular formula is C23H23ClN4O3S. The molecule has 0 unspecified atom stereocenters. The minimum atomic E-state index is 0.0473. The third-order valence-electron chi connectivity index (χ3n) is 5.66. The minimum absolute atomic E-state index is 0.0473. The normalized spacial score (nSPS) is 17.9. The number of hydrogen-bond donors (Lipinski definition) is 0. The molecule has 1 aromatic heterocycles. The first kappa shape index (κ1) is 21.2. The first-order chi connectivity index (χ1) is 15.7. The average Bonchev–Trinajstić information content (AvgIpc) is 3.42. The van der Waals surface area contributed by atoms with Gasteiger partial charge in [-0.2, -0.15) is 0 Å². The number of benzene rings is 2. The molecule has 0 saturated carbocycles. The molecule has 0 N–H and O–H groups in total. The van der Waals surface area contributed by atoms with Gasteiger partial charge in [0.15, 0.2) is 16.7 Å². The van der Waals surface area contributed by atoms with Crippen molar-refractivity contribution in [2.45, 2.75) is 30.5 Å². The first-order valence-electron chi connectivity index (χ1n) is 10.7. The molecule has 2 aliphatic rings. The molecule has 2 aromatic carbocycles. The second-order valence-electron chi connectivity index (χ2n) is 7.75. The van der Waals surface area contributed by atoms with Crippen LogP contribution in [0.2, 0.25) is 5.02 Å². The van der Waals surface area contributed by atoms with Crippen molar-refractivity contribution in [3.63, 3.8) is 0 Å². The number of rotatable bonds is 5. The van der Waals surface area contributed by atoms with E-state index in [4.69, 9.17) is 21.1 Å². The molecule has 166 valence electrons. The van der Waals surface area contributed by atoms with Crippen molar-refractivity contribution in [1.29, 1.82) is 0 Å². The lowest BCUT2D eigenvalue weighted by Crippen LogP contribution is -2.32. The summed E-state index contributed by atoms with van der Waals surface area (Å²) in [4.78, 5) is 15.1. The van der Waals surface area contributed by atoms with Crippen molar-refractivity contribution >= 4 is 29.3 Å². The van der Waals surface area contributed by atoms with Crippen LogP contribution in [0.5, 0.6) is 11.5 Å². The Hall–Kier alpha value is -2.71. The number of fused-ring (bicyclic) bond motifs is 1. The highest BCUT2D eigenvalue weighted by Crippen LogP contribution is 2.38. The van der Waals surface area contributed by atoms with Crippen LogP contribution in [-0.4, -0.2) is 51.1 Å². The Balaban J connectivity index is 1.28.